The van der Waals surface area contributed by atoms with Gasteiger partial charge < -0.3 is 0 Å². The second-order valence-corrected chi connectivity index (χ2v) is 3.11. The first-order valence-corrected chi connectivity index (χ1v) is 4.50. The lowest BCUT2D eigenvalue weighted by atomic mass is 10.0. The molecule has 1 radical (unpaired) electrons. The molecule has 0 unspecified atom stereocenters. The van der Waals surface area contributed by atoms with E-state index in [0.29, 0.717) is 24.8 Å². The zero-order valence-electron chi connectivity index (χ0n) is 7.77. The van der Waals surface area contributed by atoms with Crippen molar-refractivity contribution in [2.45, 2.75) is 25.4 Å². The van der Waals surface area contributed by atoms with Gasteiger partial charge in [-0.15, -0.1) is 0 Å². The van der Waals surface area contributed by atoms with Crippen LogP contribution in [-0.4, -0.2) is 0 Å². The van der Waals surface area contributed by atoms with Crippen molar-refractivity contribution in [1.29, 1.82) is 0 Å². The van der Waals surface area contributed by atoms with Gasteiger partial charge in [0.25, 0.3) is 0 Å². The summed E-state index contributed by atoms with van der Waals surface area (Å²) in [6.07, 6.45) is -2.45. The van der Waals surface area contributed by atoms with Gasteiger partial charge in [-0.25, -0.2) is 0 Å². The lowest BCUT2D eigenvalue weighted by Gasteiger charge is -2.11. The van der Waals surface area contributed by atoms with Gasteiger partial charge in [-0.1, -0.05) is 31.5 Å². The van der Waals surface area contributed by atoms with Crippen molar-refractivity contribution in [3.05, 3.63) is 42.3 Å². The van der Waals surface area contributed by atoms with Crippen LogP contribution in [0.2, 0.25) is 0 Å². The molecule has 14 heavy (non-hydrogen) atoms. The molecule has 0 saturated heterocycles. The maximum Gasteiger partial charge on any atom is 0.416 e. The fourth-order valence-corrected chi connectivity index (χ4v) is 1.33. The van der Waals surface area contributed by atoms with Gasteiger partial charge in [0.1, 0.15) is 0 Å². The molecule has 0 bridgehead atoms. The summed E-state index contributed by atoms with van der Waals surface area (Å²) in [4.78, 5) is 0. The molecule has 0 heterocycles. The number of alkyl halides is 3. The van der Waals surface area contributed by atoms with Crippen molar-refractivity contribution in [3.8, 4) is 0 Å². The van der Waals surface area contributed by atoms with E-state index in [1.807, 2.05) is 0 Å². The number of hydrogen-bond acceptors (Lipinski definition) is 0. The lowest BCUT2D eigenvalue weighted by Crippen LogP contribution is -2.08. The number of unbranched alkanes of at least 4 members (excludes halogenated alkanes) is 1. The summed E-state index contributed by atoms with van der Waals surface area (Å²) in [5.41, 5.74) is -0.155. The van der Waals surface area contributed by atoms with Crippen LogP contribution in [0.15, 0.2) is 24.3 Å². The van der Waals surface area contributed by atoms with Crippen molar-refractivity contribution in [3.63, 3.8) is 0 Å². The molecule has 0 nitrogen and oxygen atoms in total. The van der Waals surface area contributed by atoms with Gasteiger partial charge in [0.2, 0.25) is 0 Å². The van der Waals surface area contributed by atoms with E-state index >= 15 is 0 Å². The molecule has 0 N–H and O–H groups in total. The molecule has 1 aromatic rings. The molecule has 0 aromatic heterocycles. The molecule has 0 aliphatic heterocycles. The Morgan fingerprint density at radius 1 is 1.14 bits per heavy atom. The summed E-state index contributed by atoms with van der Waals surface area (Å²) in [7, 11) is 0. The zero-order valence-corrected chi connectivity index (χ0v) is 7.77. The van der Waals surface area contributed by atoms with Crippen molar-refractivity contribution in [2.75, 3.05) is 0 Å². The third kappa shape index (κ3) is 2.76. The molecule has 1 rings (SSSR count). The third-order valence-electron chi connectivity index (χ3n) is 2.02. The van der Waals surface area contributed by atoms with Gasteiger partial charge in [0.15, 0.2) is 0 Å². The molecule has 0 aliphatic rings. The maximum atomic E-state index is 12.5. The first kappa shape index (κ1) is 11.1. The predicted molar refractivity (Wildman–Crippen MR) is 49.7 cm³/mol. The summed E-state index contributed by atoms with van der Waals surface area (Å²) in [6, 6.07) is 5.70. The Kier molecular flexibility index (Phi) is 3.55. The maximum absolute atomic E-state index is 12.5. The summed E-state index contributed by atoms with van der Waals surface area (Å²) < 4.78 is 37.4. The average Bonchev–Trinajstić information content (AvgIpc) is 2.14. The van der Waals surface area contributed by atoms with Crippen LogP contribution in [0.5, 0.6) is 0 Å². The molecule has 0 atom stereocenters. The van der Waals surface area contributed by atoms with Gasteiger partial charge in [-0.05, 0) is 24.5 Å². The largest absolute Gasteiger partial charge is 0.416 e. The monoisotopic (exact) mass is 201 g/mol. The second-order valence-electron chi connectivity index (χ2n) is 3.11. The first-order valence-electron chi connectivity index (χ1n) is 4.50. The Hall–Kier alpha value is -0.990. The van der Waals surface area contributed by atoms with Crippen LogP contribution in [0, 0.1) is 6.92 Å². The van der Waals surface area contributed by atoms with Gasteiger partial charge in [0, 0.05) is 0 Å². The average molecular weight is 201 g/mol. The van der Waals surface area contributed by atoms with Crippen molar-refractivity contribution < 1.29 is 13.2 Å². The third-order valence-corrected chi connectivity index (χ3v) is 2.02. The fourth-order valence-electron chi connectivity index (χ4n) is 1.33. The SMILES string of the molecule is [CH2]CCCc1ccccc1C(F)(F)F. The molecule has 0 fully saturated rings. The molecule has 77 valence electrons. The Labute approximate surface area is 81.8 Å². The van der Waals surface area contributed by atoms with E-state index in [2.05, 4.69) is 6.92 Å². The highest BCUT2D eigenvalue weighted by Gasteiger charge is 2.32. The number of aryl methyl sites for hydroxylation is 1. The number of hydrogen-bond donors (Lipinski definition) is 0. The van der Waals surface area contributed by atoms with Crippen LogP contribution in [0.3, 0.4) is 0 Å². The minimum absolute atomic E-state index is 0.364. The highest BCUT2D eigenvalue weighted by molar-refractivity contribution is 5.29. The summed E-state index contributed by atoms with van der Waals surface area (Å²) in [5, 5.41) is 0. The van der Waals surface area contributed by atoms with E-state index in [9.17, 15) is 13.2 Å². The summed E-state index contributed by atoms with van der Waals surface area (Å²) >= 11 is 0. The second kappa shape index (κ2) is 4.49. The van der Waals surface area contributed by atoms with E-state index in [1.54, 1.807) is 6.07 Å². The fraction of sp³-hybridized carbons (Fsp3) is 0.364. The summed E-state index contributed by atoms with van der Waals surface area (Å²) in [5.74, 6) is 0. The standard InChI is InChI=1S/C11H12F3/c1-2-3-6-9-7-4-5-8-10(9)11(12,13)14/h4-5,7-8H,1-3,6H2. The molecule has 1 aromatic carbocycles. The molecular formula is C11H12F3. The van der Waals surface area contributed by atoms with Gasteiger partial charge in [-0.2, -0.15) is 13.2 Å². The van der Waals surface area contributed by atoms with Crippen LogP contribution in [0.4, 0.5) is 13.2 Å². The van der Waals surface area contributed by atoms with E-state index in [0.717, 1.165) is 6.07 Å². The smallest absolute Gasteiger partial charge is 0.166 e. The van der Waals surface area contributed by atoms with Crippen molar-refractivity contribution in [2.24, 2.45) is 0 Å². The molecule has 0 spiro atoms. The topological polar surface area (TPSA) is 0 Å². The van der Waals surface area contributed by atoms with Gasteiger partial charge in [-0.3, -0.25) is 0 Å². The number of rotatable bonds is 3. The Morgan fingerprint density at radius 3 is 2.36 bits per heavy atom. The van der Waals surface area contributed by atoms with Crippen LogP contribution < -0.4 is 0 Å². The zero-order chi connectivity index (χ0) is 10.6. The molecular weight excluding hydrogens is 189 g/mol. The minimum Gasteiger partial charge on any atom is -0.166 e. The quantitative estimate of drug-likeness (QED) is 0.696. The minimum atomic E-state index is -4.24. The van der Waals surface area contributed by atoms with E-state index in [-0.39, 0.29) is 0 Å². The van der Waals surface area contributed by atoms with E-state index in [4.69, 9.17) is 0 Å². The summed E-state index contributed by atoms with van der Waals surface area (Å²) in [6.45, 7) is 3.61. The highest BCUT2D eigenvalue weighted by Crippen LogP contribution is 2.32. The predicted octanol–water partition coefficient (Wildman–Crippen LogP) is 3.86. The van der Waals surface area contributed by atoms with Gasteiger partial charge in [0.05, 0.1) is 5.56 Å². The molecule has 0 amide bonds. The van der Waals surface area contributed by atoms with Crippen molar-refractivity contribution in [1.82, 2.24) is 0 Å². The Balaban J connectivity index is 2.92. The lowest BCUT2D eigenvalue weighted by molar-refractivity contribution is -0.138. The normalized spacial score (nSPS) is 11.7. The Bertz CT molecular complexity index is 289. The van der Waals surface area contributed by atoms with Crippen LogP contribution in [0.25, 0.3) is 0 Å². The van der Waals surface area contributed by atoms with Crippen molar-refractivity contribution >= 4 is 0 Å². The van der Waals surface area contributed by atoms with E-state index in [1.165, 1.54) is 12.1 Å². The highest BCUT2D eigenvalue weighted by atomic mass is 19.4. The van der Waals surface area contributed by atoms with Gasteiger partial charge >= 0.3 is 6.18 Å². The van der Waals surface area contributed by atoms with Crippen LogP contribution in [0.1, 0.15) is 24.0 Å². The van der Waals surface area contributed by atoms with Crippen LogP contribution in [-0.2, 0) is 12.6 Å². The Morgan fingerprint density at radius 2 is 1.79 bits per heavy atom. The molecule has 3 heteroatoms. The first-order chi connectivity index (χ1) is 6.55. The van der Waals surface area contributed by atoms with E-state index < -0.39 is 11.7 Å². The molecule has 0 aliphatic carbocycles. The molecule has 0 saturated carbocycles. The number of benzene rings is 1. The number of halogens is 3. The van der Waals surface area contributed by atoms with Crippen LogP contribution >= 0.6 is 0 Å².